The van der Waals surface area contributed by atoms with Crippen molar-refractivity contribution in [3.8, 4) is 0 Å². The van der Waals surface area contributed by atoms with E-state index < -0.39 is 5.60 Å². The van der Waals surface area contributed by atoms with Crippen LogP contribution in [0, 0.1) is 0 Å². The van der Waals surface area contributed by atoms with Crippen LogP contribution < -0.4 is 10.6 Å². The Labute approximate surface area is 175 Å². The summed E-state index contributed by atoms with van der Waals surface area (Å²) >= 11 is 3.37. The van der Waals surface area contributed by atoms with Gasteiger partial charge < -0.3 is 20.5 Å². The van der Waals surface area contributed by atoms with E-state index >= 15 is 0 Å². The number of guanidine groups is 1. The van der Waals surface area contributed by atoms with Gasteiger partial charge in [0.15, 0.2) is 5.96 Å². The number of thiophene rings is 2. The minimum atomic E-state index is -0.973. The van der Waals surface area contributed by atoms with Crippen LogP contribution in [0.2, 0.25) is 0 Å². The molecule has 0 aliphatic carbocycles. The van der Waals surface area contributed by atoms with Crippen LogP contribution in [0.25, 0.3) is 0 Å². The third-order valence-corrected chi connectivity index (χ3v) is 6.51. The molecule has 2 atom stereocenters. The van der Waals surface area contributed by atoms with E-state index in [0.717, 1.165) is 50.9 Å². The van der Waals surface area contributed by atoms with Crippen LogP contribution in [0.15, 0.2) is 39.3 Å². The second kappa shape index (κ2) is 10.4. The SMILES string of the molecule is CCNC(=NCC(C)(O)c1ccsc1)NCC(c1cccs1)N1CCOCC1. The van der Waals surface area contributed by atoms with Gasteiger partial charge in [-0.05, 0) is 47.7 Å². The first-order valence-corrected chi connectivity index (χ1v) is 11.5. The molecule has 2 aromatic heterocycles. The summed E-state index contributed by atoms with van der Waals surface area (Å²) in [4.78, 5) is 8.46. The average molecular weight is 423 g/mol. The lowest BCUT2D eigenvalue weighted by Crippen LogP contribution is -2.46. The maximum atomic E-state index is 10.7. The molecule has 8 heteroatoms. The van der Waals surface area contributed by atoms with Gasteiger partial charge in [-0.15, -0.1) is 11.3 Å². The van der Waals surface area contributed by atoms with E-state index in [1.807, 2.05) is 30.7 Å². The van der Waals surface area contributed by atoms with Gasteiger partial charge >= 0.3 is 0 Å². The van der Waals surface area contributed by atoms with Crippen molar-refractivity contribution in [2.24, 2.45) is 4.99 Å². The molecule has 1 aliphatic heterocycles. The van der Waals surface area contributed by atoms with Crippen molar-refractivity contribution in [3.63, 3.8) is 0 Å². The monoisotopic (exact) mass is 422 g/mol. The number of ether oxygens (including phenoxy) is 1. The number of aliphatic imine (C=N–C) groups is 1. The van der Waals surface area contributed by atoms with Crippen LogP contribution in [-0.2, 0) is 10.3 Å². The summed E-state index contributed by atoms with van der Waals surface area (Å²) in [5.41, 5.74) is -0.0680. The number of hydrogen-bond donors (Lipinski definition) is 3. The van der Waals surface area contributed by atoms with Gasteiger partial charge in [0.1, 0.15) is 5.60 Å². The van der Waals surface area contributed by atoms with Crippen LogP contribution in [0.3, 0.4) is 0 Å². The Hall–Kier alpha value is -1.45. The highest BCUT2D eigenvalue weighted by molar-refractivity contribution is 7.10. The molecule has 6 nitrogen and oxygen atoms in total. The Kier molecular flexibility index (Phi) is 7.87. The molecule has 0 bridgehead atoms. The normalized spacial score (nSPS) is 19.2. The van der Waals surface area contributed by atoms with Crippen LogP contribution in [0.1, 0.15) is 30.3 Å². The first-order valence-electron chi connectivity index (χ1n) is 9.72. The summed E-state index contributed by atoms with van der Waals surface area (Å²) in [7, 11) is 0. The quantitative estimate of drug-likeness (QED) is 0.451. The number of aliphatic hydroxyl groups is 1. The fourth-order valence-electron chi connectivity index (χ4n) is 3.21. The van der Waals surface area contributed by atoms with Gasteiger partial charge in [-0.2, -0.15) is 11.3 Å². The summed E-state index contributed by atoms with van der Waals surface area (Å²) < 4.78 is 5.52. The second-order valence-electron chi connectivity index (χ2n) is 7.04. The summed E-state index contributed by atoms with van der Waals surface area (Å²) in [5, 5.41) is 23.6. The van der Waals surface area contributed by atoms with Crippen LogP contribution >= 0.6 is 22.7 Å². The lowest BCUT2D eigenvalue weighted by molar-refractivity contribution is 0.0177. The second-order valence-corrected chi connectivity index (χ2v) is 8.80. The van der Waals surface area contributed by atoms with Crippen molar-refractivity contribution >= 4 is 28.6 Å². The lowest BCUT2D eigenvalue weighted by atomic mass is 10.00. The van der Waals surface area contributed by atoms with Crippen LogP contribution in [0.5, 0.6) is 0 Å². The highest BCUT2D eigenvalue weighted by Gasteiger charge is 2.25. The predicted octanol–water partition coefficient (Wildman–Crippen LogP) is 2.65. The minimum absolute atomic E-state index is 0.283. The predicted molar refractivity (Wildman–Crippen MR) is 117 cm³/mol. The maximum Gasteiger partial charge on any atom is 0.191 e. The zero-order valence-corrected chi connectivity index (χ0v) is 18.2. The van der Waals surface area contributed by atoms with E-state index in [1.165, 1.54) is 4.88 Å². The minimum Gasteiger partial charge on any atom is -0.383 e. The molecule has 3 rings (SSSR count). The zero-order chi connectivity index (χ0) is 19.8. The number of rotatable bonds is 8. The fraction of sp³-hybridized carbons (Fsp3) is 0.550. The molecule has 0 radical (unpaired) electrons. The molecule has 0 saturated carbocycles. The Bertz CT molecular complexity index is 711. The molecule has 1 aliphatic rings. The van der Waals surface area contributed by atoms with Crippen molar-refractivity contribution in [2.45, 2.75) is 25.5 Å². The van der Waals surface area contributed by atoms with Crippen LogP contribution in [-0.4, -0.2) is 61.9 Å². The van der Waals surface area contributed by atoms with Crippen molar-refractivity contribution in [1.29, 1.82) is 0 Å². The van der Waals surface area contributed by atoms with Gasteiger partial charge in [0, 0.05) is 31.1 Å². The smallest absolute Gasteiger partial charge is 0.191 e. The van der Waals surface area contributed by atoms with E-state index in [1.54, 1.807) is 22.7 Å². The molecule has 3 heterocycles. The van der Waals surface area contributed by atoms with Gasteiger partial charge in [-0.3, -0.25) is 4.90 Å². The molecule has 2 unspecified atom stereocenters. The third-order valence-electron chi connectivity index (χ3n) is 4.85. The summed E-state index contributed by atoms with van der Waals surface area (Å²) in [6.45, 7) is 9.12. The van der Waals surface area contributed by atoms with E-state index in [9.17, 15) is 5.11 Å². The average Bonchev–Trinajstić information content (AvgIpc) is 3.41. The van der Waals surface area contributed by atoms with Gasteiger partial charge in [0.2, 0.25) is 0 Å². The zero-order valence-electron chi connectivity index (χ0n) is 16.6. The van der Waals surface area contributed by atoms with Crippen molar-refractivity contribution < 1.29 is 9.84 Å². The molecular weight excluding hydrogens is 392 g/mol. The van der Waals surface area contributed by atoms with E-state index in [2.05, 4.69) is 38.0 Å². The summed E-state index contributed by atoms with van der Waals surface area (Å²) in [6.07, 6.45) is 0. The van der Waals surface area contributed by atoms with Crippen molar-refractivity contribution in [1.82, 2.24) is 15.5 Å². The van der Waals surface area contributed by atoms with E-state index in [0.29, 0.717) is 6.54 Å². The Morgan fingerprint density at radius 1 is 1.32 bits per heavy atom. The molecule has 0 aromatic carbocycles. The standard InChI is InChI=1S/C20H30N4O2S2/c1-3-21-19(23-15-20(2,25)16-6-12-27-14-16)22-13-17(18-5-4-11-28-18)24-7-9-26-10-8-24/h4-6,11-12,14,17,25H,3,7-10,13,15H2,1-2H3,(H2,21,22,23). The first kappa shape index (κ1) is 21.3. The summed E-state index contributed by atoms with van der Waals surface area (Å²) in [6, 6.07) is 6.53. The van der Waals surface area contributed by atoms with Gasteiger partial charge in [-0.25, -0.2) is 4.99 Å². The lowest BCUT2D eigenvalue weighted by Gasteiger charge is -2.34. The maximum absolute atomic E-state index is 10.7. The largest absolute Gasteiger partial charge is 0.383 e. The fourth-order valence-corrected chi connectivity index (χ4v) is 4.85. The molecule has 1 saturated heterocycles. The molecule has 154 valence electrons. The van der Waals surface area contributed by atoms with E-state index in [4.69, 9.17) is 4.74 Å². The van der Waals surface area contributed by atoms with Crippen molar-refractivity contribution in [3.05, 3.63) is 44.8 Å². The van der Waals surface area contributed by atoms with Gasteiger partial charge in [-0.1, -0.05) is 6.07 Å². The van der Waals surface area contributed by atoms with Gasteiger partial charge in [0.05, 0.1) is 25.8 Å². The van der Waals surface area contributed by atoms with Gasteiger partial charge in [0.25, 0.3) is 0 Å². The molecule has 0 amide bonds. The number of nitrogens with one attached hydrogen (secondary N) is 2. The first-order chi connectivity index (χ1) is 13.6. The van der Waals surface area contributed by atoms with Crippen LogP contribution in [0.4, 0.5) is 0 Å². The third kappa shape index (κ3) is 5.78. The Morgan fingerprint density at radius 3 is 2.79 bits per heavy atom. The molecule has 28 heavy (non-hydrogen) atoms. The van der Waals surface area contributed by atoms with E-state index in [-0.39, 0.29) is 6.04 Å². The molecule has 1 fully saturated rings. The molecular formula is C20H30N4O2S2. The topological polar surface area (TPSA) is 69.1 Å². The highest BCUT2D eigenvalue weighted by Crippen LogP contribution is 2.26. The number of morpholine rings is 1. The molecule has 3 N–H and O–H groups in total. The Balaban J connectivity index is 1.66. The van der Waals surface area contributed by atoms with Crippen molar-refractivity contribution in [2.75, 3.05) is 45.9 Å². The molecule has 2 aromatic rings. The summed E-state index contributed by atoms with van der Waals surface area (Å²) in [5.74, 6) is 0.729. The molecule has 0 spiro atoms. The highest BCUT2D eigenvalue weighted by atomic mass is 32.1. The Morgan fingerprint density at radius 2 is 2.14 bits per heavy atom. The number of hydrogen-bond acceptors (Lipinski definition) is 6. The number of nitrogens with zero attached hydrogens (tertiary/aromatic N) is 2.